The van der Waals surface area contributed by atoms with E-state index in [1.807, 2.05) is 0 Å². The van der Waals surface area contributed by atoms with Crippen molar-refractivity contribution in [3.05, 3.63) is 249 Å². The molecule has 11 aromatic rings. The molecule has 0 fully saturated rings. The highest BCUT2D eigenvalue weighted by Gasteiger charge is 2.20. The standard InChI is InChI=1S/C60H41N/c1-2-10-42(11-3-1)46-18-20-47(21-19-46)48-28-33-57(34-29-48)61(58-35-30-49(31-36-58)53-25-22-43-12-4-7-15-50(43)38-53)60-41-55(54-26-23-44-13-5-8-16-51(44)39-54)32-37-59(60)56-27-24-45-14-6-9-17-52(45)40-56/h1-41H. The Morgan fingerprint density at radius 3 is 1.00 bits per heavy atom. The van der Waals surface area contributed by atoms with Crippen molar-refractivity contribution in [3.63, 3.8) is 0 Å². The van der Waals surface area contributed by atoms with Gasteiger partial charge in [-0.15, -0.1) is 0 Å². The van der Waals surface area contributed by atoms with Crippen LogP contribution in [0.4, 0.5) is 17.1 Å². The molecule has 0 unspecified atom stereocenters. The number of fused-ring (bicyclic) bond motifs is 3. The van der Waals surface area contributed by atoms with Crippen molar-refractivity contribution in [2.45, 2.75) is 0 Å². The van der Waals surface area contributed by atoms with E-state index in [4.69, 9.17) is 0 Å². The maximum Gasteiger partial charge on any atom is 0.0546 e. The van der Waals surface area contributed by atoms with E-state index in [2.05, 4.69) is 254 Å². The maximum atomic E-state index is 2.43. The van der Waals surface area contributed by atoms with Gasteiger partial charge in [0.1, 0.15) is 0 Å². The molecule has 0 saturated carbocycles. The minimum atomic E-state index is 1.08. The second-order valence-electron chi connectivity index (χ2n) is 15.8. The topological polar surface area (TPSA) is 3.24 Å². The van der Waals surface area contributed by atoms with Gasteiger partial charge in [0.05, 0.1) is 5.69 Å². The third kappa shape index (κ3) is 7.13. The Labute approximate surface area is 357 Å². The molecule has 1 nitrogen and oxygen atoms in total. The van der Waals surface area contributed by atoms with Crippen LogP contribution < -0.4 is 4.90 Å². The molecule has 11 rings (SSSR count). The summed E-state index contributed by atoms with van der Waals surface area (Å²) in [6, 6.07) is 90.7. The highest BCUT2D eigenvalue weighted by Crippen LogP contribution is 2.44. The first-order chi connectivity index (χ1) is 30.2. The average molecular weight is 776 g/mol. The average Bonchev–Trinajstić information content (AvgIpc) is 3.34. The van der Waals surface area contributed by atoms with Crippen LogP contribution in [-0.4, -0.2) is 0 Å². The molecule has 0 heterocycles. The van der Waals surface area contributed by atoms with Gasteiger partial charge in [0.15, 0.2) is 0 Å². The van der Waals surface area contributed by atoms with Gasteiger partial charge in [0.2, 0.25) is 0 Å². The lowest BCUT2D eigenvalue weighted by Crippen LogP contribution is -2.11. The van der Waals surface area contributed by atoms with Crippen molar-refractivity contribution in [2.75, 3.05) is 4.90 Å². The van der Waals surface area contributed by atoms with Gasteiger partial charge in [-0.05, 0) is 131 Å². The van der Waals surface area contributed by atoms with Gasteiger partial charge in [-0.2, -0.15) is 0 Å². The highest BCUT2D eigenvalue weighted by molar-refractivity contribution is 5.96. The molecule has 0 atom stereocenters. The quantitative estimate of drug-likeness (QED) is 0.149. The van der Waals surface area contributed by atoms with Crippen LogP contribution in [0, 0.1) is 0 Å². The molecule has 61 heavy (non-hydrogen) atoms. The second kappa shape index (κ2) is 15.6. The van der Waals surface area contributed by atoms with E-state index in [0.717, 1.165) is 22.6 Å². The van der Waals surface area contributed by atoms with Gasteiger partial charge in [-0.25, -0.2) is 0 Å². The number of benzene rings is 11. The Hall–Kier alpha value is -8.00. The Balaban J connectivity index is 1.06. The number of hydrogen-bond donors (Lipinski definition) is 0. The van der Waals surface area contributed by atoms with Crippen LogP contribution in [0.3, 0.4) is 0 Å². The van der Waals surface area contributed by atoms with E-state index in [-0.39, 0.29) is 0 Å². The second-order valence-corrected chi connectivity index (χ2v) is 15.8. The van der Waals surface area contributed by atoms with E-state index >= 15 is 0 Å². The van der Waals surface area contributed by atoms with E-state index in [1.165, 1.54) is 82.4 Å². The summed E-state index contributed by atoms with van der Waals surface area (Å²) in [5.74, 6) is 0. The summed E-state index contributed by atoms with van der Waals surface area (Å²) in [7, 11) is 0. The third-order valence-corrected chi connectivity index (χ3v) is 12.0. The molecule has 0 aliphatic carbocycles. The Kier molecular flexibility index (Phi) is 9.26. The first-order valence-corrected chi connectivity index (χ1v) is 21.0. The molecule has 1 heteroatoms. The monoisotopic (exact) mass is 775 g/mol. The first-order valence-electron chi connectivity index (χ1n) is 21.0. The molecule has 0 aromatic heterocycles. The van der Waals surface area contributed by atoms with Crippen molar-refractivity contribution in [2.24, 2.45) is 0 Å². The first kappa shape index (κ1) is 36.1. The molecule has 0 radical (unpaired) electrons. The number of rotatable bonds is 8. The summed E-state index contributed by atoms with van der Waals surface area (Å²) in [6.45, 7) is 0. The van der Waals surface area contributed by atoms with Crippen LogP contribution in [0.5, 0.6) is 0 Å². The summed E-state index contributed by atoms with van der Waals surface area (Å²) in [4.78, 5) is 2.43. The molecule has 0 spiro atoms. The fraction of sp³-hybridized carbons (Fsp3) is 0. The van der Waals surface area contributed by atoms with Gasteiger partial charge >= 0.3 is 0 Å². The molecule has 0 bridgehead atoms. The zero-order valence-corrected chi connectivity index (χ0v) is 33.6. The lowest BCUT2D eigenvalue weighted by atomic mass is 9.94. The Morgan fingerprint density at radius 2 is 0.508 bits per heavy atom. The summed E-state index contributed by atoms with van der Waals surface area (Å²) in [5, 5.41) is 7.41. The largest absolute Gasteiger partial charge is 0.310 e. The Morgan fingerprint density at radius 1 is 0.197 bits per heavy atom. The van der Waals surface area contributed by atoms with Crippen LogP contribution in [0.25, 0.3) is 88.0 Å². The van der Waals surface area contributed by atoms with Gasteiger partial charge in [0, 0.05) is 16.9 Å². The van der Waals surface area contributed by atoms with Gasteiger partial charge in [0.25, 0.3) is 0 Å². The predicted octanol–water partition coefficient (Wildman–Crippen LogP) is 17.0. The zero-order chi connectivity index (χ0) is 40.5. The molecule has 0 aliphatic rings. The van der Waals surface area contributed by atoms with Crippen molar-refractivity contribution in [1.82, 2.24) is 0 Å². The minimum Gasteiger partial charge on any atom is -0.310 e. The van der Waals surface area contributed by atoms with Gasteiger partial charge in [-0.3, -0.25) is 0 Å². The van der Waals surface area contributed by atoms with Crippen LogP contribution in [-0.2, 0) is 0 Å². The van der Waals surface area contributed by atoms with E-state index in [9.17, 15) is 0 Å². The number of hydrogen-bond acceptors (Lipinski definition) is 1. The molecule has 0 amide bonds. The van der Waals surface area contributed by atoms with Crippen LogP contribution in [0.2, 0.25) is 0 Å². The van der Waals surface area contributed by atoms with Gasteiger partial charge in [-0.1, -0.05) is 200 Å². The van der Waals surface area contributed by atoms with Crippen molar-refractivity contribution in [1.29, 1.82) is 0 Å². The van der Waals surface area contributed by atoms with Crippen LogP contribution in [0.15, 0.2) is 249 Å². The summed E-state index contributed by atoms with van der Waals surface area (Å²) in [5.41, 5.74) is 15.2. The van der Waals surface area contributed by atoms with E-state index in [0.29, 0.717) is 0 Å². The normalized spacial score (nSPS) is 11.3. The van der Waals surface area contributed by atoms with Crippen molar-refractivity contribution < 1.29 is 0 Å². The maximum absolute atomic E-state index is 2.43. The van der Waals surface area contributed by atoms with Gasteiger partial charge < -0.3 is 4.90 Å². The summed E-state index contributed by atoms with van der Waals surface area (Å²) < 4.78 is 0. The predicted molar refractivity (Wildman–Crippen MR) is 261 cm³/mol. The molecular formula is C60H41N. The number of nitrogens with zero attached hydrogens (tertiary/aromatic N) is 1. The summed E-state index contributed by atoms with van der Waals surface area (Å²) in [6.07, 6.45) is 0. The molecule has 0 N–H and O–H groups in total. The SMILES string of the molecule is c1ccc(-c2ccc(-c3ccc(N(c4ccc(-c5ccc6ccccc6c5)cc4)c4cc(-c5ccc6ccccc6c5)ccc4-c4ccc5ccccc5c4)cc3)cc2)cc1. The fourth-order valence-corrected chi connectivity index (χ4v) is 8.75. The molecule has 286 valence electrons. The lowest BCUT2D eigenvalue weighted by Gasteiger charge is -2.29. The Bertz CT molecular complexity index is 3330. The molecule has 0 saturated heterocycles. The number of anilines is 3. The van der Waals surface area contributed by atoms with E-state index in [1.54, 1.807) is 0 Å². The lowest BCUT2D eigenvalue weighted by molar-refractivity contribution is 1.28. The van der Waals surface area contributed by atoms with Crippen LogP contribution in [0.1, 0.15) is 0 Å². The third-order valence-electron chi connectivity index (χ3n) is 12.0. The fourth-order valence-electron chi connectivity index (χ4n) is 8.75. The zero-order valence-electron chi connectivity index (χ0n) is 33.6. The van der Waals surface area contributed by atoms with Crippen LogP contribution >= 0.6 is 0 Å². The minimum absolute atomic E-state index is 1.08. The highest BCUT2D eigenvalue weighted by atomic mass is 15.1. The molecule has 0 aliphatic heterocycles. The van der Waals surface area contributed by atoms with E-state index < -0.39 is 0 Å². The molecule has 11 aromatic carbocycles. The smallest absolute Gasteiger partial charge is 0.0546 e. The summed E-state index contributed by atoms with van der Waals surface area (Å²) >= 11 is 0. The van der Waals surface area contributed by atoms with Crippen molar-refractivity contribution in [3.8, 4) is 55.6 Å². The van der Waals surface area contributed by atoms with Crippen molar-refractivity contribution >= 4 is 49.4 Å². The molecular weight excluding hydrogens is 735 g/mol.